The molecule has 1 rings (SSSR count). The molecular formula is C16H30N2O2. The summed E-state index contributed by atoms with van der Waals surface area (Å²) < 4.78 is 0. The Kier molecular flexibility index (Phi) is 5.60. The van der Waals surface area contributed by atoms with Crippen molar-refractivity contribution in [3.05, 3.63) is 0 Å². The minimum Gasteiger partial charge on any atom is -0.342 e. The first kappa shape index (κ1) is 17.0. The zero-order valence-electron chi connectivity index (χ0n) is 13.8. The van der Waals surface area contributed by atoms with Crippen molar-refractivity contribution in [2.24, 2.45) is 11.3 Å². The van der Waals surface area contributed by atoms with Gasteiger partial charge in [-0.1, -0.05) is 48.0 Å². The molecule has 0 spiro atoms. The Balaban J connectivity index is 2.98. The van der Waals surface area contributed by atoms with E-state index < -0.39 is 6.04 Å². The van der Waals surface area contributed by atoms with Gasteiger partial charge in [0.1, 0.15) is 12.1 Å². The highest BCUT2D eigenvalue weighted by Crippen LogP contribution is 2.27. The largest absolute Gasteiger partial charge is 0.342 e. The molecule has 0 bridgehead atoms. The molecule has 0 saturated carbocycles. The van der Waals surface area contributed by atoms with E-state index in [4.69, 9.17) is 0 Å². The molecule has 2 amide bonds. The minimum atomic E-state index is -0.407. The predicted octanol–water partition coefficient (Wildman–Crippen LogP) is 2.57. The van der Waals surface area contributed by atoms with Gasteiger partial charge in [0.2, 0.25) is 11.8 Å². The van der Waals surface area contributed by atoms with E-state index in [2.05, 4.69) is 26.1 Å². The molecule has 1 heterocycles. The number of rotatable bonds is 5. The van der Waals surface area contributed by atoms with E-state index in [0.29, 0.717) is 12.5 Å². The normalized spacial score (nSPS) is 24.2. The Morgan fingerprint density at radius 3 is 2.30 bits per heavy atom. The number of nitrogens with one attached hydrogen (secondary N) is 1. The Hall–Kier alpha value is -1.06. The molecule has 0 aromatic carbocycles. The van der Waals surface area contributed by atoms with Crippen molar-refractivity contribution in [3.8, 4) is 0 Å². The van der Waals surface area contributed by atoms with Gasteiger partial charge in [-0.05, 0) is 24.2 Å². The number of piperazine rings is 1. The van der Waals surface area contributed by atoms with Crippen LogP contribution in [-0.4, -0.2) is 35.3 Å². The molecule has 4 nitrogen and oxygen atoms in total. The molecule has 1 aliphatic heterocycles. The van der Waals surface area contributed by atoms with Gasteiger partial charge in [-0.25, -0.2) is 0 Å². The SMILES string of the molecule is CCCCN1C(=O)C(C(C)(C)C)NC(=O)C1CC(C)C. The summed E-state index contributed by atoms with van der Waals surface area (Å²) in [5, 5.41) is 2.94. The van der Waals surface area contributed by atoms with Crippen LogP contribution in [0, 0.1) is 11.3 Å². The molecule has 2 atom stereocenters. The fourth-order valence-corrected chi connectivity index (χ4v) is 2.62. The van der Waals surface area contributed by atoms with Gasteiger partial charge in [-0.3, -0.25) is 9.59 Å². The average Bonchev–Trinajstić information content (AvgIpc) is 2.31. The summed E-state index contributed by atoms with van der Waals surface area (Å²) >= 11 is 0. The van der Waals surface area contributed by atoms with Crippen molar-refractivity contribution in [1.29, 1.82) is 0 Å². The molecule has 0 aromatic rings. The third kappa shape index (κ3) is 3.97. The fourth-order valence-electron chi connectivity index (χ4n) is 2.62. The second-order valence-corrected chi connectivity index (χ2v) is 7.34. The van der Waals surface area contributed by atoms with Crippen LogP contribution in [0.15, 0.2) is 0 Å². The molecule has 1 aliphatic rings. The molecule has 0 radical (unpaired) electrons. The third-order valence-corrected chi connectivity index (χ3v) is 3.81. The quantitative estimate of drug-likeness (QED) is 0.842. The maximum Gasteiger partial charge on any atom is 0.246 e. The van der Waals surface area contributed by atoms with Crippen LogP contribution in [0.2, 0.25) is 0 Å². The van der Waals surface area contributed by atoms with Crippen molar-refractivity contribution in [3.63, 3.8) is 0 Å². The molecule has 20 heavy (non-hydrogen) atoms. The van der Waals surface area contributed by atoms with Crippen LogP contribution in [0.3, 0.4) is 0 Å². The fraction of sp³-hybridized carbons (Fsp3) is 0.875. The van der Waals surface area contributed by atoms with Crippen LogP contribution in [0.4, 0.5) is 0 Å². The van der Waals surface area contributed by atoms with Gasteiger partial charge >= 0.3 is 0 Å². The molecule has 0 aromatic heterocycles. The zero-order valence-corrected chi connectivity index (χ0v) is 13.8. The van der Waals surface area contributed by atoms with Gasteiger partial charge in [-0.15, -0.1) is 0 Å². The number of nitrogens with zero attached hydrogens (tertiary/aromatic N) is 1. The lowest BCUT2D eigenvalue weighted by atomic mass is 9.83. The number of unbranched alkanes of at least 4 members (excludes halogenated alkanes) is 1. The van der Waals surface area contributed by atoms with E-state index in [9.17, 15) is 9.59 Å². The molecule has 4 heteroatoms. The molecule has 1 saturated heterocycles. The van der Waals surface area contributed by atoms with E-state index in [-0.39, 0.29) is 23.3 Å². The first-order chi connectivity index (χ1) is 9.18. The van der Waals surface area contributed by atoms with E-state index in [1.807, 2.05) is 25.7 Å². The number of carbonyl (C=O) groups is 2. The second kappa shape index (κ2) is 6.59. The topological polar surface area (TPSA) is 49.4 Å². The maximum absolute atomic E-state index is 12.7. The first-order valence-electron chi connectivity index (χ1n) is 7.79. The van der Waals surface area contributed by atoms with Crippen LogP contribution in [0.1, 0.15) is 60.8 Å². The summed E-state index contributed by atoms with van der Waals surface area (Å²) in [5.41, 5.74) is -0.250. The minimum absolute atomic E-state index is 0.00864. The Morgan fingerprint density at radius 1 is 1.25 bits per heavy atom. The Bertz CT molecular complexity index is 358. The van der Waals surface area contributed by atoms with Gasteiger partial charge in [0.25, 0.3) is 0 Å². The second-order valence-electron chi connectivity index (χ2n) is 7.34. The highest BCUT2D eigenvalue weighted by atomic mass is 16.2. The molecule has 2 unspecified atom stereocenters. The van der Waals surface area contributed by atoms with E-state index in [0.717, 1.165) is 19.3 Å². The maximum atomic E-state index is 12.7. The lowest BCUT2D eigenvalue weighted by Gasteiger charge is -2.43. The Morgan fingerprint density at radius 2 is 1.85 bits per heavy atom. The van der Waals surface area contributed by atoms with Gasteiger partial charge in [0.15, 0.2) is 0 Å². The summed E-state index contributed by atoms with van der Waals surface area (Å²) in [5.74, 6) is 0.486. The van der Waals surface area contributed by atoms with Gasteiger partial charge in [0.05, 0.1) is 0 Å². The molecule has 1 N–H and O–H groups in total. The molecule has 0 aliphatic carbocycles. The number of hydrogen-bond donors (Lipinski definition) is 1. The lowest BCUT2D eigenvalue weighted by Crippen LogP contribution is -2.66. The van der Waals surface area contributed by atoms with E-state index >= 15 is 0 Å². The van der Waals surface area contributed by atoms with Crippen molar-refractivity contribution in [2.75, 3.05) is 6.54 Å². The van der Waals surface area contributed by atoms with Crippen LogP contribution in [-0.2, 0) is 9.59 Å². The summed E-state index contributed by atoms with van der Waals surface area (Å²) in [4.78, 5) is 26.9. The summed E-state index contributed by atoms with van der Waals surface area (Å²) in [7, 11) is 0. The van der Waals surface area contributed by atoms with Crippen molar-refractivity contribution >= 4 is 11.8 Å². The van der Waals surface area contributed by atoms with E-state index in [1.54, 1.807) is 0 Å². The van der Waals surface area contributed by atoms with Gasteiger partial charge in [-0.2, -0.15) is 0 Å². The first-order valence-corrected chi connectivity index (χ1v) is 7.79. The third-order valence-electron chi connectivity index (χ3n) is 3.81. The predicted molar refractivity (Wildman–Crippen MR) is 81.2 cm³/mol. The van der Waals surface area contributed by atoms with Crippen molar-refractivity contribution in [2.45, 2.75) is 72.9 Å². The zero-order chi connectivity index (χ0) is 15.5. The molecular weight excluding hydrogens is 252 g/mol. The summed E-state index contributed by atoms with van der Waals surface area (Å²) in [6, 6.07) is -0.706. The van der Waals surface area contributed by atoms with Crippen LogP contribution >= 0.6 is 0 Å². The number of hydrogen-bond acceptors (Lipinski definition) is 2. The average molecular weight is 282 g/mol. The lowest BCUT2D eigenvalue weighted by molar-refractivity contribution is -0.153. The monoisotopic (exact) mass is 282 g/mol. The van der Waals surface area contributed by atoms with E-state index in [1.165, 1.54) is 0 Å². The standard InChI is InChI=1S/C16H30N2O2/c1-7-8-9-18-12(10-11(2)3)14(19)17-13(15(18)20)16(4,5)6/h11-13H,7-10H2,1-6H3,(H,17,19). The highest BCUT2D eigenvalue weighted by Gasteiger charge is 2.44. The number of carbonyl (C=O) groups excluding carboxylic acids is 2. The van der Waals surface area contributed by atoms with Crippen molar-refractivity contribution < 1.29 is 9.59 Å². The molecule has 1 fully saturated rings. The molecule has 116 valence electrons. The van der Waals surface area contributed by atoms with Crippen molar-refractivity contribution in [1.82, 2.24) is 10.2 Å². The summed E-state index contributed by atoms with van der Waals surface area (Å²) in [6.45, 7) is 13.0. The smallest absolute Gasteiger partial charge is 0.246 e. The highest BCUT2D eigenvalue weighted by molar-refractivity contribution is 5.97. The van der Waals surface area contributed by atoms with Gasteiger partial charge < -0.3 is 10.2 Å². The van der Waals surface area contributed by atoms with Crippen LogP contribution in [0.5, 0.6) is 0 Å². The number of amides is 2. The van der Waals surface area contributed by atoms with Gasteiger partial charge in [0, 0.05) is 6.54 Å². The van der Waals surface area contributed by atoms with Crippen LogP contribution < -0.4 is 5.32 Å². The Labute approximate surface area is 123 Å². The van der Waals surface area contributed by atoms with Crippen LogP contribution in [0.25, 0.3) is 0 Å². The summed E-state index contributed by atoms with van der Waals surface area (Å²) in [6.07, 6.45) is 2.71.